The molecular weight excluding hydrogens is 384 g/mol. The predicted octanol–water partition coefficient (Wildman–Crippen LogP) is 2.27. The highest BCUT2D eigenvalue weighted by Crippen LogP contribution is 2.59. The zero-order valence-electron chi connectivity index (χ0n) is 17.2. The van der Waals surface area contributed by atoms with E-state index in [1.54, 1.807) is 17.0 Å². The Morgan fingerprint density at radius 3 is 2.87 bits per heavy atom. The summed E-state index contributed by atoms with van der Waals surface area (Å²) in [6, 6.07) is 6.64. The molecule has 30 heavy (non-hydrogen) atoms. The largest absolute Gasteiger partial charge is 0.467 e. The fourth-order valence-electron chi connectivity index (χ4n) is 5.91. The van der Waals surface area contributed by atoms with Gasteiger partial charge in [0.05, 0.1) is 12.7 Å². The van der Waals surface area contributed by atoms with Gasteiger partial charge in [-0.1, -0.05) is 31.2 Å². The van der Waals surface area contributed by atoms with E-state index in [-0.39, 0.29) is 29.1 Å². The SMILES string of the molecule is COC(=O)[C@@H]1C=CCN1C(=O)[C@H]1C[C@H]2CC[C@@]1(C)C[C@@]21NC(=O)c2ccccc2O1. The summed E-state index contributed by atoms with van der Waals surface area (Å²) in [5, 5.41) is 3.14. The standard InChI is InChI=1S/C23H26N2O5/c1-22-10-9-14(12-16(22)20(27)25-11-5-7-17(25)21(28)29-2)23(13-22)24-19(26)15-6-3-4-8-18(15)30-23/h3-8,14,16-17H,9-13H2,1-2H3,(H,24,26)/t14-,16-,17+,22+,23+/m1/s1. The monoisotopic (exact) mass is 410 g/mol. The van der Waals surface area contributed by atoms with Crippen molar-refractivity contribution in [2.24, 2.45) is 17.3 Å². The van der Waals surface area contributed by atoms with Gasteiger partial charge in [0.1, 0.15) is 11.8 Å². The molecule has 158 valence electrons. The third-order valence-corrected chi connectivity index (χ3v) is 7.48. The quantitative estimate of drug-likeness (QED) is 0.597. The van der Waals surface area contributed by atoms with Gasteiger partial charge in [0.2, 0.25) is 5.91 Å². The molecule has 2 bridgehead atoms. The van der Waals surface area contributed by atoms with Crippen molar-refractivity contribution in [1.29, 1.82) is 0 Å². The highest BCUT2D eigenvalue weighted by atomic mass is 16.5. The normalized spacial score (nSPS) is 36.3. The number of nitrogens with one attached hydrogen (secondary N) is 1. The number of para-hydroxylation sites is 1. The number of rotatable bonds is 2. The number of benzene rings is 1. The molecule has 2 amide bonds. The van der Waals surface area contributed by atoms with Gasteiger partial charge in [0.15, 0.2) is 5.72 Å². The Morgan fingerprint density at radius 1 is 1.30 bits per heavy atom. The zero-order valence-corrected chi connectivity index (χ0v) is 17.2. The van der Waals surface area contributed by atoms with Crippen molar-refractivity contribution < 1.29 is 23.9 Å². The second kappa shape index (κ2) is 6.59. The average Bonchev–Trinajstić information content (AvgIpc) is 3.22. The van der Waals surface area contributed by atoms with Crippen LogP contribution in [0.1, 0.15) is 43.0 Å². The van der Waals surface area contributed by atoms with Crippen LogP contribution in [0.25, 0.3) is 0 Å². The maximum absolute atomic E-state index is 13.5. The van der Waals surface area contributed by atoms with Crippen molar-refractivity contribution in [3.8, 4) is 5.75 Å². The first kappa shape index (κ1) is 19.2. The fourth-order valence-corrected chi connectivity index (χ4v) is 5.91. The summed E-state index contributed by atoms with van der Waals surface area (Å²) < 4.78 is 11.3. The van der Waals surface area contributed by atoms with Gasteiger partial charge in [-0.25, -0.2) is 4.79 Å². The van der Waals surface area contributed by atoms with E-state index in [0.717, 1.165) is 12.8 Å². The van der Waals surface area contributed by atoms with Crippen LogP contribution in [0, 0.1) is 17.3 Å². The smallest absolute Gasteiger partial charge is 0.332 e. The molecule has 1 N–H and O–H groups in total. The van der Waals surface area contributed by atoms with Gasteiger partial charge in [0, 0.05) is 24.8 Å². The molecule has 3 aliphatic carbocycles. The molecular formula is C23H26N2O5. The van der Waals surface area contributed by atoms with Crippen LogP contribution in [0.15, 0.2) is 36.4 Å². The van der Waals surface area contributed by atoms with Crippen molar-refractivity contribution in [1.82, 2.24) is 10.2 Å². The summed E-state index contributed by atoms with van der Waals surface area (Å²) in [5.74, 6) is -0.122. The molecule has 6 rings (SSSR count). The molecule has 2 heterocycles. The third-order valence-electron chi connectivity index (χ3n) is 7.48. The summed E-state index contributed by atoms with van der Waals surface area (Å²) in [4.78, 5) is 40.0. The summed E-state index contributed by atoms with van der Waals surface area (Å²) in [7, 11) is 1.34. The molecule has 1 aromatic rings. The summed E-state index contributed by atoms with van der Waals surface area (Å²) in [6.45, 7) is 2.53. The average molecular weight is 410 g/mol. The maximum Gasteiger partial charge on any atom is 0.332 e. The Balaban J connectivity index is 1.41. The molecule has 7 heteroatoms. The van der Waals surface area contributed by atoms with Gasteiger partial charge >= 0.3 is 5.97 Å². The lowest BCUT2D eigenvalue weighted by atomic mass is 9.52. The number of methoxy groups -OCH3 is 1. The van der Waals surface area contributed by atoms with E-state index in [9.17, 15) is 14.4 Å². The number of hydrogen-bond donors (Lipinski definition) is 1. The van der Waals surface area contributed by atoms with Crippen LogP contribution in [0.2, 0.25) is 0 Å². The predicted molar refractivity (Wildman–Crippen MR) is 107 cm³/mol. The summed E-state index contributed by atoms with van der Waals surface area (Å²) in [5.41, 5.74) is -0.555. The van der Waals surface area contributed by atoms with E-state index >= 15 is 0 Å². The van der Waals surface area contributed by atoms with Crippen LogP contribution in [0.4, 0.5) is 0 Å². The van der Waals surface area contributed by atoms with Crippen LogP contribution in [0.5, 0.6) is 5.75 Å². The Morgan fingerprint density at radius 2 is 2.10 bits per heavy atom. The first-order valence-electron chi connectivity index (χ1n) is 10.5. The molecule has 7 nitrogen and oxygen atoms in total. The first-order valence-corrected chi connectivity index (χ1v) is 10.5. The number of carbonyl (C=O) groups excluding carboxylic acids is 3. The van der Waals surface area contributed by atoms with Gasteiger partial charge in [-0.15, -0.1) is 0 Å². The first-order chi connectivity index (χ1) is 14.4. The molecule has 1 spiro atoms. The minimum atomic E-state index is -0.778. The molecule has 0 aromatic heterocycles. The van der Waals surface area contributed by atoms with Crippen molar-refractivity contribution in [2.75, 3.05) is 13.7 Å². The lowest BCUT2D eigenvalue weighted by molar-refractivity contribution is -0.176. The number of nitrogens with zero attached hydrogens (tertiary/aromatic N) is 1. The Bertz CT molecular complexity index is 959. The van der Waals surface area contributed by atoms with Gasteiger partial charge < -0.3 is 19.7 Å². The molecule has 1 aromatic carbocycles. The number of hydrogen-bond acceptors (Lipinski definition) is 5. The lowest BCUT2D eigenvalue weighted by Gasteiger charge is -2.60. The number of ether oxygens (including phenoxy) is 2. The topological polar surface area (TPSA) is 84.9 Å². The van der Waals surface area contributed by atoms with E-state index in [0.29, 0.717) is 30.7 Å². The van der Waals surface area contributed by atoms with Crippen LogP contribution in [-0.4, -0.2) is 48.1 Å². The minimum absolute atomic E-state index is 0.0139. The second-order valence-electron chi connectivity index (χ2n) is 9.18. The fraction of sp³-hybridized carbons (Fsp3) is 0.522. The molecule has 0 unspecified atom stereocenters. The molecule has 3 fully saturated rings. The molecule has 2 aliphatic heterocycles. The minimum Gasteiger partial charge on any atom is -0.467 e. The number of carbonyl (C=O) groups is 3. The van der Waals surface area contributed by atoms with Gasteiger partial charge in [-0.3, -0.25) is 9.59 Å². The summed E-state index contributed by atoms with van der Waals surface area (Å²) in [6.07, 6.45) is 6.55. The van der Waals surface area contributed by atoms with Crippen molar-refractivity contribution in [3.63, 3.8) is 0 Å². The van der Waals surface area contributed by atoms with Crippen LogP contribution in [-0.2, 0) is 14.3 Å². The lowest BCUT2D eigenvalue weighted by Crippen LogP contribution is -2.69. The van der Waals surface area contributed by atoms with Gasteiger partial charge in [-0.05, 0) is 36.8 Å². The van der Waals surface area contributed by atoms with Crippen LogP contribution < -0.4 is 10.1 Å². The van der Waals surface area contributed by atoms with E-state index < -0.39 is 17.7 Å². The van der Waals surface area contributed by atoms with E-state index in [1.807, 2.05) is 24.3 Å². The van der Waals surface area contributed by atoms with E-state index in [4.69, 9.17) is 9.47 Å². The second-order valence-corrected chi connectivity index (χ2v) is 9.18. The van der Waals surface area contributed by atoms with Crippen LogP contribution >= 0.6 is 0 Å². The van der Waals surface area contributed by atoms with Gasteiger partial charge in [0.25, 0.3) is 5.91 Å². The van der Waals surface area contributed by atoms with E-state index in [2.05, 4.69) is 12.2 Å². The number of amides is 2. The van der Waals surface area contributed by atoms with Crippen molar-refractivity contribution >= 4 is 17.8 Å². The zero-order chi connectivity index (χ0) is 21.1. The van der Waals surface area contributed by atoms with Crippen LogP contribution in [0.3, 0.4) is 0 Å². The molecule has 0 radical (unpaired) electrons. The highest BCUT2D eigenvalue weighted by Gasteiger charge is 2.62. The van der Waals surface area contributed by atoms with Gasteiger partial charge in [-0.2, -0.15) is 0 Å². The molecule has 5 aliphatic rings. The van der Waals surface area contributed by atoms with E-state index in [1.165, 1.54) is 7.11 Å². The molecule has 3 saturated carbocycles. The Labute approximate surface area is 175 Å². The van der Waals surface area contributed by atoms with Crippen molar-refractivity contribution in [3.05, 3.63) is 42.0 Å². The maximum atomic E-state index is 13.5. The number of fused-ring (bicyclic) bond motifs is 3. The highest BCUT2D eigenvalue weighted by molar-refractivity contribution is 5.98. The Kier molecular flexibility index (Phi) is 4.21. The van der Waals surface area contributed by atoms with Crippen molar-refractivity contribution in [2.45, 2.75) is 44.4 Å². The number of esters is 1. The third kappa shape index (κ3) is 2.67. The molecule has 0 saturated heterocycles. The molecule has 5 atom stereocenters. The summed E-state index contributed by atoms with van der Waals surface area (Å²) >= 11 is 0. The Hall–Kier alpha value is -2.83.